The van der Waals surface area contributed by atoms with Crippen LogP contribution in [0.4, 0.5) is 8.78 Å². The average Bonchev–Trinajstić information content (AvgIpc) is 2.28. The molecule has 0 saturated heterocycles. The Morgan fingerprint density at radius 1 is 1.38 bits per heavy atom. The summed E-state index contributed by atoms with van der Waals surface area (Å²) in [4.78, 5) is 22.5. The molecule has 5 heteroatoms. The summed E-state index contributed by atoms with van der Waals surface area (Å²) >= 11 is 0. The van der Waals surface area contributed by atoms with Crippen LogP contribution in [-0.4, -0.2) is 24.7 Å². The van der Waals surface area contributed by atoms with Gasteiger partial charge in [0.1, 0.15) is 0 Å². The van der Waals surface area contributed by atoms with Gasteiger partial charge in [0.2, 0.25) is 5.78 Å². The Morgan fingerprint density at radius 2 is 2.12 bits per heavy atom. The first kappa shape index (κ1) is 10.7. The van der Waals surface area contributed by atoms with Crippen molar-refractivity contribution in [2.75, 3.05) is 6.54 Å². The highest BCUT2D eigenvalue weighted by molar-refractivity contribution is 6.03. The molecule has 0 radical (unpaired) electrons. The lowest BCUT2D eigenvalue weighted by molar-refractivity contribution is 0.0678. The minimum atomic E-state index is -3.04. The van der Waals surface area contributed by atoms with Crippen LogP contribution in [0.3, 0.4) is 0 Å². The Kier molecular flexibility index (Phi) is 2.68. The third kappa shape index (κ3) is 1.80. The van der Waals surface area contributed by atoms with E-state index in [1.807, 2.05) is 0 Å². The van der Waals surface area contributed by atoms with E-state index in [1.54, 1.807) is 6.07 Å². The van der Waals surface area contributed by atoms with Gasteiger partial charge in [-0.15, -0.1) is 0 Å². The first-order chi connectivity index (χ1) is 7.59. The molecule has 0 atom stereocenters. The van der Waals surface area contributed by atoms with Crippen LogP contribution < -0.4 is 5.32 Å². The summed E-state index contributed by atoms with van der Waals surface area (Å²) in [5.41, 5.74) is 0.984. The lowest BCUT2D eigenvalue weighted by Gasteiger charge is -2.16. The topological polar surface area (TPSA) is 46.2 Å². The summed E-state index contributed by atoms with van der Waals surface area (Å²) < 4.78 is 24.4. The van der Waals surface area contributed by atoms with E-state index in [0.717, 1.165) is 5.56 Å². The molecule has 0 aromatic heterocycles. The Labute approximate surface area is 90.5 Å². The number of benzene rings is 1. The van der Waals surface area contributed by atoms with Crippen molar-refractivity contribution in [1.29, 1.82) is 0 Å². The third-order valence-corrected chi connectivity index (χ3v) is 2.52. The van der Waals surface area contributed by atoms with Crippen molar-refractivity contribution in [2.45, 2.75) is 12.8 Å². The Hall–Kier alpha value is -1.78. The van der Waals surface area contributed by atoms with Gasteiger partial charge in [-0.1, -0.05) is 12.1 Å². The average molecular weight is 225 g/mol. The lowest BCUT2D eigenvalue weighted by atomic mass is 9.96. The fourth-order valence-electron chi connectivity index (χ4n) is 1.69. The van der Waals surface area contributed by atoms with Crippen LogP contribution >= 0.6 is 0 Å². The summed E-state index contributed by atoms with van der Waals surface area (Å²) in [6.45, 7) is 0.536. The Bertz CT molecular complexity index is 457. The zero-order valence-corrected chi connectivity index (χ0v) is 8.30. The molecule has 0 bridgehead atoms. The molecule has 1 aromatic rings. The van der Waals surface area contributed by atoms with Crippen LogP contribution in [0, 0.1) is 0 Å². The van der Waals surface area contributed by atoms with Gasteiger partial charge in [-0.05, 0) is 18.1 Å². The van der Waals surface area contributed by atoms with Gasteiger partial charge in [-0.25, -0.2) is 8.78 Å². The normalized spacial score (nSPS) is 14.6. The minimum absolute atomic E-state index is 0.120. The molecule has 0 fully saturated rings. The zero-order chi connectivity index (χ0) is 11.7. The SMILES string of the molecule is O=C1NCCc2ccc(C(=O)C(F)F)cc21. The van der Waals surface area contributed by atoms with Gasteiger partial charge in [0.05, 0.1) is 0 Å². The van der Waals surface area contributed by atoms with E-state index in [2.05, 4.69) is 5.32 Å². The summed E-state index contributed by atoms with van der Waals surface area (Å²) in [6.07, 6.45) is -2.38. The summed E-state index contributed by atoms with van der Waals surface area (Å²) in [6, 6.07) is 4.13. The zero-order valence-electron chi connectivity index (χ0n) is 8.30. The second-order valence-electron chi connectivity index (χ2n) is 3.54. The van der Waals surface area contributed by atoms with Gasteiger partial charge >= 0.3 is 6.43 Å². The highest BCUT2D eigenvalue weighted by Gasteiger charge is 2.22. The maximum Gasteiger partial charge on any atom is 0.300 e. The van der Waals surface area contributed by atoms with E-state index in [4.69, 9.17) is 0 Å². The molecule has 0 aliphatic carbocycles. The Morgan fingerprint density at radius 3 is 2.81 bits per heavy atom. The van der Waals surface area contributed by atoms with Crippen LogP contribution in [0.5, 0.6) is 0 Å². The molecule has 0 unspecified atom stereocenters. The molecule has 1 amide bonds. The number of nitrogens with one attached hydrogen (secondary N) is 1. The number of amides is 1. The maximum absolute atomic E-state index is 12.2. The molecule has 2 rings (SSSR count). The number of halogens is 2. The summed E-state index contributed by atoms with van der Waals surface area (Å²) in [5.74, 6) is -1.56. The molecule has 84 valence electrons. The monoisotopic (exact) mass is 225 g/mol. The maximum atomic E-state index is 12.2. The van der Waals surface area contributed by atoms with Crippen LogP contribution in [-0.2, 0) is 6.42 Å². The minimum Gasteiger partial charge on any atom is -0.352 e. The van der Waals surface area contributed by atoms with E-state index in [1.165, 1.54) is 12.1 Å². The quantitative estimate of drug-likeness (QED) is 0.774. The predicted octanol–water partition coefficient (Wildman–Crippen LogP) is 1.42. The van der Waals surface area contributed by atoms with Crippen molar-refractivity contribution < 1.29 is 18.4 Å². The summed E-state index contributed by atoms with van der Waals surface area (Å²) in [7, 11) is 0. The largest absolute Gasteiger partial charge is 0.352 e. The lowest BCUT2D eigenvalue weighted by Crippen LogP contribution is -2.32. The van der Waals surface area contributed by atoms with Crippen molar-refractivity contribution in [2.24, 2.45) is 0 Å². The van der Waals surface area contributed by atoms with Crippen molar-refractivity contribution in [3.05, 3.63) is 34.9 Å². The number of ketones is 1. The van der Waals surface area contributed by atoms with Crippen molar-refractivity contribution in [1.82, 2.24) is 5.32 Å². The molecule has 0 spiro atoms. The number of hydrogen-bond donors (Lipinski definition) is 1. The Balaban J connectivity index is 2.41. The van der Waals surface area contributed by atoms with Crippen molar-refractivity contribution in [3.63, 3.8) is 0 Å². The van der Waals surface area contributed by atoms with E-state index >= 15 is 0 Å². The first-order valence-corrected chi connectivity index (χ1v) is 4.83. The predicted molar refractivity (Wildman–Crippen MR) is 52.8 cm³/mol. The number of rotatable bonds is 2. The first-order valence-electron chi connectivity index (χ1n) is 4.83. The summed E-state index contributed by atoms with van der Waals surface area (Å²) in [5, 5.41) is 2.60. The third-order valence-electron chi connectivity index (χ3n) is 2.52. The highest BCUT2D eigenvalue weighted by Crippen LogP contribution is 2.17. The fourth-order valence-corrected chi connectivity index (χ4v) is 1.69. The van der Waals surface area contributed by atoms with Crippen molar-refractivity contribution in [3.8, 4) is 0 Å². The van der Waals surface area contributed by atoms with E-state index in [9.17, 15) is 18.4 Å². The van der Waals surface area contributed by atoms with Crippen molar-refractivity contribution >= 4 is 11.7 Å². The van der Waals surface area contributed by atoms with Gasteiger partial charge in [0.15, 0.2) is 0 Å². The molecule has 1 aliphatic heterocycles. The van der Waals surface area contributed by atoms with Crippen LogP contribution in [0.1, 0.15) is 26.3 Å². The molecule has 0 saturated carbocycles. The fraction of sp³-hybridized carbons (Fsp3) is 0.273. The molecule has 1 aliphatic rings. The van der Waals surface area contributed by atoms with Gasteiger partial charge < -0.3 is 5.32 Å². The molecule has 1 heterocycles. The van der Waals surface area contributed by atoms with E-state index < -0.39 is 12.2 Å². The molecular weight excluding hydrogens is 216 g/mol. The molecule has 1 N–H and O–H groups in total. The van der Waals surface area contributed by atoms with Crippen LogP contribution in [0.15, 0.2) is 18.2 Å². The second kappa shape index (κ2) is 4.00. The van der Waals surface area contributed by atoms with Gasteiger partial charge in [-0.3, -0.25) is 9.59 Å². The number of hydrogen-bond acceptors (Lipinski definition) is 2. The molecule has 3 nitrogen and oxygen atoms in total. The van der Waals surface area contributed by atoms with Gasteiger partial charge in [-0.2, -0.15) is 0 Å². The molecular formula is C11H9F2NO2. The van der Waals surface area contributed by atoms with E-state index in [-0.39, 0.29) is 11.5 Å². The number of Topliss-reactive ketones (excluding diaryl/α,β-unsaturated/α-hetero) is 1. The smallest absolute Gasteiger partial charge is 0.300 e. The number of carbonyl (C=O) groups excluding carboxylic acids is 2. The van der Waals surface area contributed by atoms with Gasteiger partial charge in [0, 0.05) is 17.7 Å². The number of carbonyl (C=O) groups is 2. The van der Waals surface area contributed by atoms with E-state index in [0.29, 0.717) is 18.5 Å². The molecule has 16 heavy (non-hydrogen) atoms. The van der Waals surface area contributed by atoms with Crippen LogP contribution in [0.25, 0.3) is 0 Å². The highest BCUT2D eigenvalue weighted by atomic mass is 19.3. The molecule has 1 aromatic carbocycles. The second-order valence-corrected chi connectivity index (χ2v) is 3.54. The number of alkyl halides is 2. The van der Waals surface area contributed by atoms with Gasteiger partial charge in [0.25, 0.3) is 5.91 Å². The number of fused-ring (bicyclic) bond motifs is 1. The standard InChI is InChI=1S/C11H9F2NO2/c12-10(13)9(15)7-2-1-6-3-4-14-11(16)8(6)5-7/h1-2,5,10H,3-4H2,(H,14,16). The van der Waals surface area contributed by atoms with Crippen LogP contribution in [0.2, 0.25) is 0 Å².